The van der Waals surface area contributed by atoms with Crippen LogP contribution < -0.4 is 4.89 Å². The summed E-state index contributed by atoms with van der Waals surface area (Å²) in [5.41, 5.74) is 0. The van der Waals surface area contributed by atoms with Crippen molar-refractivity contribution in [3.8, 4) is 0 Å². The normalized spacial score (nSPS) is 13.8. The first-order valence-electron chi connectivity index (χ1n) is 22.4. The molecule has 2 atom stereocenters. The molecule has 0 spiro atoms. The zero-order chi connectivity index (χ0) is 39.1. The minimum atomic E-state index is -4.52. The Morgan fingerprint density at radius 2 is 0.981 bits per heavy atom. The smallest absolute Gasteiger partial charge is 0.306 e. The van der Waals surface area contributed by atoms with Gasteiger partial charge in [-0.3, -0.25) is 9.36 Å². The first kappa shape index (κ1) is 52.2. The van der Waals surface area contributed by atoms with Crippen LogP contribution in [0.1, 0.15) is 206 Å². The topological polar surface area (TPSA) is 94.1 Å². The SMILES string of the molecule is CCCCCCCC/C=C\CCCCCCCCOC[C@H](COP(=O)([O-])OCC[N+](C)(C)C)OC(=O)CCCCCCCCCCCCCCCCC. The average molecular weight is 774 g/mol. The molecule has 0 N–H and O–H groups in total. The van der Waals surface area contributed by atoms with Crippen molar-refractivity contribution in [1.82, 2.24) is 0 Å². The van der Waals surface area contributed by atoms with Crippen LogP contribution in [0, 0.1) is 0 Å². The van der Waals surface area contributed by atoms with Gasteiger partial charge in [-0.1, -0.05) is 174 Å². The summed E-state index contributed by atoms with van der Waals surface area (Å²) in [6, 6.07) is 0. The molecule has 1 unspecified atom stereocenters. The second-order valence-electron chi connectivity index (χ2n) is 16.4. The van der Waals surface area contributed by atoms with Gasteiger partial charge in [-0.25, -0.2) is 0 Å². The molecule has 316 valence electrons. The van der Waals surface area contributed by atoms with Crippen LogP contribution in [0.3, 0.4) is 0 Å². The Kier molecular flexibility index (Phi) is 37.6. The summed E-state index contributed by atoms with van der Waals surface area (Å²) in [7, 11) is 1.36. The minimum Gasteiger partial charge on any atom is -0.756 e. The van der Waals surface area contributed by atoms with Gasteiger partial charge in [-0.05, 0) is 38.5 Å². The first-order valence-corrected chi connectivity index (χ1v) is 23.9. The number of hydrogen-bond donors (Lipinski definition) is 0. The number of rotatable bonds is 42. The van der Waals surface area contributed by atoms with E-state index in [-0.39, 0.29) is 25.8 Å². The van der Waals surface area contributed by atoms with Gasteiger partial charge in [0.25, 0.3) is 7.82 Å². The molecule has 0 aliphatic rings. The molecular weight excluding hydrogens is 685 g/mol. The Balaban J connectivity index is 4.21. The van der Waals surface area contributed by atoms with Crippen molar-refractivity contribution in [2.75, 3.05) is 54.1 Å². The lowest BCUT2D eigenvalue weighted by atomic mass is 10.0. The number of phosphoric acid groups is 1. The van der Waals surface area contributed by atoms with Crippen molar-refractivity contribution in [2.45, 2.75) is 213 Å². The number of carbonyl (C=O) groups is 1. The Bertz CT molecular complexity index is 863. The molecule has 0 aromatic rings. The van der Waals surface area contributed by atoms with E-state index in [2.05, 4.69) is 26.0 Å². The molecule has 0 saturated carbocycles. The zero-order valence-electron chi connectivity index (χ0n) is 35.7. The molecule has 0 bridgehead atoms. The van der Waals surface area contributed by atoms with E-state index in [0.29, 0.717) is 24.1 Å². The predicted molar refractivity (Wildman–Crippen MR) is 222 cm³/mol. The third-order valence-corrected chi connectivity index (χ3v) is 10.8. The van der Waals surface area contributed by atoms with Crippen molar-refractivity contribution in [1.29, 1.82) is 0 Å². The maximum atomic E-state index is 12.7. The molecule has 0 aromatic carbocycles. The number of likely N-dealkylation sites (N-methyl/N-ethyl adjacent to an activating group) is 1. The molecule has 0 radical (unpaired) electrons. The molecule has 0 rings (SSSR count). The predicted octanol–water partition coefficient (Wildman–Crippen LogP) is 12.4. The lowest BCUT2D eigenvalue weighted by Gasteiger charge is -2.28. The van der Waals surface area contributed by atoms with E-state index >= 15 is 0 Å². The number of esters is 1. The van der Waals surface area contributed by atoms with Crippen molar-refractivity contribution < 1.29 is 37.3 Å². The van der Waals surface area contributed by atoms with Crippen molar-refractivity contribution in [3.05, 3.63) is 12.2 Å². The summed E-state index contributed by atoms with van der Waals surface area (Å²) < 4.78 is 34.6. The zero-order valence-corrected chi connectivity index (χ0v) is 36.6. The van der Waals surface area contributed by atoms with Crippen LogP contribution in [0.15, 0.2) is 12.2 Å². The minimum absolute atomic E-state index is 0.0282. The number of nitrogens with zero attached hydrogens (tertiary/aromatic N) is 1. The van der Waals surface area contributed by atoms with Gasteiger partial charge in [-0.15, -0.1) is 0 Å². The fraction of sp³-hybridized carbons (Fsp3) is 0.932. The van der Waals surface area contributed by atoms with Gasteiger partial charge in [0.15, 0.2) is 0 Å². The van der Waals surface area contributed by atoms with Gasteiger partial charge in [-0.2, -0.15) is 0 Å². The van der Waals surface area contributed by atoms with Gasteiger partial charge in [0, 0.05) is 13.0 Å². The van der Waals surface area contributed by atoms with Crippen molar-refractivity contribution in [3.63, 3.8) is 0 Å². The Labute approximate surface area is 329 Å². The number of unbranched alkanes of at least 4 members (excludes halogenated alkanes) is 26. The number of ether oxygens (including phenoxy) is 2. The van der Waals surface area contributed by atoms with Crippen LogP contribution in [0.25, 0.3) is 0 Å². The lowest BCUT2D eigenvalue weighted by molar-refractivity contribution is -0.870. The van der Waals surface area contributed by atoms with Crippen LogP contribution >= 0.6 is 7.82 Å². The third-order valence-electron chi connectivity index (χ3n) is 9.82. The summed E-state index contributed by atoms with van der Waals surface area (Å²) in [4.78, 5) is 25.0. The molecule has 0 aromatic heterocycles. The van der Waals surface area contributed by atoms with E-state index in [4.69, 9.17) is 18.5 Å². The molecule has 9 heteroatoms. The van der Waals surface area contributed by atoms with Gasteiger partial charge < -0.3 is 27.9 Å². The number of carbonyl (C=O) groups excluding carboxylic acids is 1. The van der Waals surface area contributed by atoms with Crippen LogP contribution in [-0.4, -0.2) is 70.7 Å². The average Bonchev–Trinajstić information content (AvgIpc) is 3.11. The highest BCUT2D eigenvalue weighted by Gasteiger charge is 2.20. The third kappa shape index (κ3) is 42.2. The highest BCUT2D eigenvalue weighted by molar-refractivity contribution is 7.45. The molecule has 8 nitrogen and oxygen atoms in total. The number of hydrogen-bond acceptors (Lipinski definition) is 7. The van der Waals surface area contributed by atoms with E-state index < -0.39 is 13.9 Å². The summed E-state index contributed by atoms with van der Waals surface area (Å²) in [6.07, 6.45) is 40.7. The van der Waals surface area contributed by atoms with Crippen LogP contribution in [0.5, 0.6) is 0 Å². The summed E-state index contributed by atoms with van der Waals surface area (Å²) >= 11 is 0. The van der Waals surface area contributed by atoms with E-state index in [1.807, 2.05) is 21.1 Å². The van der Waals surface area contributed by atoms with Crippen LogP contribution in [0.2, 0.25) is 0 Å². The number of allylic oxidation sites excluding steroid dienone is 2. The largest absolute Gasteiger partial charge is 0.756 e. The number of phosphoric ester groups is 1. The Morgan fingerprint density at radius 3 is 1.43 bits per heavy atom. The van der Waals surface area contributed by atoms with Crippen LogP contribution in [-0.2, 0) is 27.9 Å². The standard InChI is InChI=1S/C44H88NO7P/c1-6-8-10-12-14-16-18-20-22-24-26-28-30-32-34-36-39-49-41-43(42-51-53(47,48)50-40-38-45(3,4)5)52-44(46)37-35-33-31-29-27-25-23-21-19-17-15-13-11-9-7-2/h20,22,43H,6-19,21,23-42H2,1-5H3/b22-20-/t43-/m1/s1. The summed E-state index contributed by atoms with van der Waals surface area (Å²) in [5, 5.41) is 0. The molecule has 0 heterocycles. The first-order chi connectivity index (χ1) is 25.6. The number of quaternary nitrogens is 1. The van der Waals surface area contributed by atoms with Gasteiger partial charge in [0.1, 0.15) is 19.3 Å². The van der Waals surface area contributed by atoms with Crippen molar-refractivity contribution in [2.24, 2.45) is 0 Å². The Morgan fingerprint density at radius 1 is 0.566 bits per heavy atom. The Hall–Kier alpha value is -0.760. The molecule has 0 fully saturated rings. The lowest BCUT2D eigenvalue weighted by Crippen LogP contribution is -2.37. The van der Waals surface area contributed by atoms with E-state index in [1.54, 1.807) is 0 Å². The maximum Gasteiger partial charge on any atom is 0.306 e. The molecule has 0 amide bonds. The monoisotopic (exact) mass is 774 g/mol. The molecule has 0 aliphatic heterocycles. The van der Waals surface area contributed by atoms with Crippen molar-refractivity contribution >= 4 is 13.8 Å². The van der Waals surface area contributed by atoms with Gasteiger partial charge in [0.05, 0.1) is 34.4 Å². The highest BCUT2D eigenvalue weighted by Crippen LogP contribution is 2.38. The molecule has 0 saturated heterocycles. The fourth-order valence-corrected chi connectivity index (χ4v) is 7.03. The maximum absolute atomic E-state index is 12.7. The van der Waals surface area contributed by atoms with E-state index in [1.165, 1.54) is 154 Å². The van der Waals surface area contributed by atoms with Gasteiger partial charge >= 0.3 is 5.97 Å². The second kappa shape index (κ2) is 38.1. The quantitative estimate of drug-likeness (QED) is 0.0200. The molecule has 0 aliphatic carbocycles. The highest BCUT2D eigenvalue weighted by atomic mass is 31.2. The fourth-order valence-electron chi connectivity index (χ4n) is 6.31. The molecular formula is C44H88NO7P. The van der Waals surface area contributed by atoms with E-state index in [9.17, 15) is 14.3 Å². The summed E-state index contributed by atoms with van der Waals surface area (Å²) in [6.45, 7) is 5.43. The molecule has 53 heavy (non-hydrogen) atoms. The second-order valence-corrected chi connectivity index (χ2v) is 17.8. The van der Waals surface area contributed by atoms with Gasteiger partial charge in [0.2, 0.25) is 0 Å². The van der Waals surface area contributed by atoms with E-state index in [0.717, 1.165) is 32.1 Å². The van der Waals surface area contributed by atoms with Crippen LogP contribution in [0.4, 0.5) is 0 Å². The summed E-state index contributed by atoms with van der Waals surface area (Å²) in [5.74, 6) is -0.333.